The van der Waals surface area contributed by atoms with E-state index in [4.69, 9.17) is 9.47 Å². The summed E-state index contributed by atoms with van der Waals surface area (Å²) in [5, 5.41) is 5.78. The van der Waals surface area contributed by atoms with Gasteiger partial charge in [-0.15, -0.1) is 0 Å². The second-order valence-electron chi connectivity index (χ2n) is 7.40. The molecule has 0 spiro atoms. The van der Waals surface area contributed by atoms with Crippen molar-refractivity contribution < 1.29 is 23.9 Å². The number of carbonyl (C=O) groups is 3. The number of ether oxygens (including phenoxy) is 2. The smallest absolute Gasteiger partial charge is 0.308 e. The molecule has 1 atom stereocenters. The molecule has 8 nitrogen and oxygen atoms in total. The van der Waals surface area contributed by atoms with Crippen molar-refractivity contribution >= 4 is 23.5 Å². The average molecular weight is 405 g/mol. The Morgan fingerprint density at radius 1 is 1.34 bits per heavy atom. The highest BCUT2D eigenvalue weighted by molar-refractivity contribution is 5.93. The van der Waals surface area contributed by atoms with Gasteiger partial charge in [-0.05, 0) is 24.5 Å². The Kier molecular flexibility index (Phi) is 8.76. The molecule has 0 bridgehead atoms. The maximum atomic E-state index is 12.7. The summed E-state index contributed by atoms with van der Waals surface area (Å²) in [6.45, 7) is 7.69. The van der Waals surface area contributed by atoms with E-state index in [1.807, 2.05) is 31.2 Å². The van der Waals surface area contributed by atoms with Crippen molar-refractivity contribution in [1.29, 1.82) is 0 Å². The minimum Gasteiger partial charge on any atom is -0.493 e. The average Bonchev–Trinajstić information content (AvgIpc) is 2.70. The van der Waals surface area contributed by atoms with E-state index in [0.29, 0.717) is 38.6 Å². The van der Waals surface area contributed by atoms with Gasteiger partial charge >= 0.3 is 5.97 Å². The molecule has 8 heteroatoms. The first-order valence-electron chi connectivity index (χ1n) is 10.1. The second kappa shape index (κ2) is 11.3. The molecule has 1 aliphatic rings. The molecule has 2 amide bonds. The fourth-order valence-corrected chi connectivity index (χ4v) is 2.89. The minimum absolute atomic E-state index is 0.0153. The van der Waals surface area contributed by atoms with E-state index in [-0.39, 0.29) is 24.8 Å². The molecular formula is C21H31N3O5. The van der Waals surface area contributed by atoms with Gasteiger partial charge in [0, 0.05) is 24.8 Å². The van der Waals surface area contributed by atoms with Crippen LogP contribution in [0.1, 0.15) is 33.6 Å². The van der Waals surface area contributed by atoms with Crippen molar-refractivity contribution in [3.05, 3.63) is 24.3 Å². The van der Waals surface area contributed by atoms with Crippen LogP contribution in [0.3, 0.4) is 0 Å². The Morgan fingerprint density at radius 2 is 2.14 bits per heavy atom. The number of amides is 2. The molecule has 1 unspecified atom stereocenters. The van der Waals surface area contributed by atoms with Gasteiger partial charge in [0.05, 0.1) is 26.2 Å². The van der Waals surface area contributed by atoms with Crippen LogP contribution in [0.4, 0.5) is 5.69 Å². The Hall–Kier alpha value is -2.77. The van der Waals surface area contributed by atoms with E-state index in [2.05, 4.69) is 24.5 Å². The van der Waals surface area contributed by atoms with Crippen molar-refractivity contribution in [1.82, 2.24) is 10.2 Å². The molecule has 1 aromatic carbocycles. The lowest BCUT2D eigenvalue weighted by molar-refractivity contribution is -0.151. The van der Waals surface area contributed by atoms with Crippen LogP contribution in [0.5, 0.6) is 5.75 Å². The first kappa shape index (κ1) is 22.5. The van der Waals surface area contributed by atoms with Gasteiger partial charge in [0.25, 0.3) is 0 Å². The number of rotatable bonds is 10. The zero-order valence-electron chi connectivity index (χ0n) is 17.4. The first-order chi connectivity index (χ1) is 13.9. The van der Waals surface area contributed by atoms with E-state index in [1.165, 1.54) is 4.90 Å². The van der Waals surface area contributed by atoms with Gasteiger partial charge in [0.15, 0.2) is 0 Å². The maximum absolute atomic E-state index is 12.7. The summed E-state index contributed by atoms with van der Waals surface area (Å²) in [6.07, 6.45) is 0.561. The number of hydrogen-bond donors (Lipinski definition) is 2. The number of benzene rings is 1. The van der Waals surface area contributed by atoms with E-state index < -0.39 is 12.0 Å². The molecular weight excluding hydrogens is 374 g/mol. The van der Waals surface area contributed by atoms with Crippen LogP contribution >= 0.6 is 0 Å². The zero-order chi connectivity index (χ0) is 21.2. The van der Waals surface area contributed by atoms with Gasteiger partial charge < -0.3 is 25.0 Å². The van der Waals surface area contributed by atoms with Crippen molar-refractivity contribution in [3.8, 4) is 5.75 Å². The topological polar surface area (TPSA) is 97.0 Å². The molecule has 2 N–H and O–H groups in total. The molecule has 160 valence electrons. The molecule has 1 heterocycles. The van der Waals surface area contributed by atoms with E-state index in [1.54, 1.807) is 0 Å². The first-order valence-corrected chi connectivity index (χ1v) is 10.1. The number of piperazine rings is 1. The summed E-state index contributed by atoms with van der Waals surface area (Å²) in [7, 11) is 0. The van der Waals surface area contributed by atoms with Crippen LogP contribution < -0.4 is 15.4 Å². The number of esters is 1. The standard InChI is InChI=1S/C21H31N3O5/c1-4-10-28-20(26)12-18-21(27)22-8-9-24(18)19(25)13-23-16-6-5-7-17(11-16)29-14-15(2)3/h5-7,11,15,18,23H,4,8-10,12-14H2,1-3H3,(H,22,27). The summed E-state index contributed by atoms with van der Waals surface area (Å²) in [4.78, 5) is 38.3. The number of nitrogens with zero attached hydrogens (tertiary/aromatic N) is 1. The van der Waals surface area contributed by atoms with Crippen molar-refractivity contribution in [3.63, 3.8) is 0 Å². The Balaban J connectivity index is 1.94. The lowest BCUT2D eigenvalue weighted by atomic mass is 10.1. The predicted molar refractivity (Wildman–Crippen MR) is 110 cm³/mol. The van der Waals surface area contributed by atoms with Crippen LogP contribution in [-0.2, 0) is 19.1 Å². The molecule has 1 aromatic rings. The molecule has 0 radical (unpaired) electrons. The quantitative estimate of drug-likeness (QED) is 0.576. The van der Waals surface area contributed by atoms with Gasteiger partial charge in [-0.2, -0.15) is 0 Å². The molecule has 29 heavy (non-hydrogen) atoms. The highest BCUT2D eigenvalue weighted by Gasteiger charge is 2.34. The van der Waals surface area contributed by atoms with Crippen LogP contribution in [0.25, 0.3) is 0 Å². The van der Waals surface area contributed by atoms with Crippen molar-refractivity contribution in [2.45, 2.75) is 39.7 Å². The van der Waals surface area contributed by atoms with Gasteiger partial charge in [0.2, 0.25) is 11.8 Å². The molecule has 0 aliphatic carbocycles. The number of hydrogen-bond acceptors (Lipinski definition) is 6. The third-order valence-corrected chi connectivity index (χ3v) is 4.34. The molecule has 2 rings (SSSR count). The summed E-state index contributed by atoms with van der Waals surface area (Å²) >= 11 is 0. The van der Waals surface area contributed by atoms with Gasteiger partial charge in [-0.1, -0.05) is 26.8 Å². The molecule has 1 fully saturated rings. The monoisotopic (exact) mass is 405 g/mol. The minimum atomic E-state index is -0.844. The van der Waals surface area contributed by atoms with Crippen molar-refractivity contribution in [2.75, 3.05) is 38.2 Å². The van der Waals surface area contributed by atoms with E-state index >= 15 is 0 Å². The SMILES string of the molecule is CCCOC(=O)CC1C(=O)NCCN1C(=O)CNc1cccc(OCC(C)C)c1. The third-order valence-electron chi connectivity index (χ3n) is 4.34. The second-order valence-corrected chi connectivity index (χ2v) is 7.40. The van der Waals surface area contributed by atoms with E-state index in [9.17, 15) is 14.4 Å². The molecule has 1 aliphatic heterocycles. The highest BCUT2D eigenvalue weighted by atomic mass is 16.5. The Bertz CT molecular complexity index is 707. The van der Waals surface area contributed by atoms with Gasteiger partial charge in [0.1, 0.15) is 11.8 Å². The fraction of sp³-hybridized carbons (Fsp3) is 0.571. The third kappa shape index (κ3) is 7.29. The van der Waals surface area contributed by atoms with Crippen LogP contribution in [-0.4, -0.2) is 61.6 Å². The molecule has 1 saturated heterocycles. The molecule has 0 aromatic heterocycles. The van der Waals surface area contributed by atoms with E-state index in [0.717, 1.165) is 11.4 Å². The Morgan fingerprint density at radius 3 is 2.86 bits per heavy atom. The van der Waals surface area contributed by atoms with Crippen molar-refractivity contribution in [2.24, 2.45) is 5.92 Å². The summed E-state index contributed by atoms with van der Waals surface area (Å²) in [5.41, 5.74) is 0.750. The highest BCUT2D eigenvalue weighted by Crippen LogP contribution is 2.18. The fourth-order valence-electron chi connectivity index (χ4n) is 2.89. The number of carbonyl (C=O) groups excluding carboxylic acids is 3. The number of nitrogens with one attached hydrogen (secondary N) is 2. The summed E-state index contributed by atoms with van der Waals surface area (Å²) < 4.78 is 10.8. The maximum Gasteiger partial charge on any atom is 0.308 e. The largest absolute Gasteiger partial charge is 0.493 e. The van der Waals surface area contributed by atoms with Crippen LogP contribution in [0, 0.1) is 5.92 Å². The Labute approximate surface area is 171 Å². The summed E-state index contributed by atoms with van der Waals surface area (Å²) in [6, 6.07) is 6.55. The zero-order valence-corrected chi connectivity index (χ0v) is 17.4. The van der Waals surface area contributed by atoms with Gasteiger partial charge in [-0.25, -0.2) is 0 Å². The van der Waals surface area contributed by atoms with Gasteiger partial charge in [-0.3, -0.25) is 14.4 Å². The number of anilines is 1. The lowest BCUT2D eigenvalue weighted by Crippen LogP contribution is -2.58. The van der Waals surface area contributed by atoms with Crippen LogP contribution in [0.2, 0.25) is 0 Å². The lowest BCUT2D eigenvalue weighted by Gasteiger charge is -2.34. The normalized spacial score (nSPS) is 16.3. The van der Waals surface area contributed by atoms with Crippen LogP contribution in [0.15, 0.2) is 24.3 Å². The predicted octanol–water partition coefficient (Wildman–Crippen LogP) is 1.80. The molecule has 0 saturated carbocycles. The summed E-state index contributed by atoms with van der Waals surface area (Å²) in [5.74, 6) is 0.0860.